The normalized spacial score (nSPS) is 27.5. The van der Waals surface area contributed by atoms with Crippen LogP contribution in [0.25, 0.3) is 0 Å². The predicted molar refractivity (Wildman–Crippen MR) is 80.6 cm³/mol. The van der Waals surface area contributed by atoms with Crippen LogP contribution in [-0.2, 0) is 27.3 Å². The number of fused-ring (bicyclic) bond motifs is 1. The lowest BCUT2D eigenvalue weighted by atomic mass is 9.93. The number of carbonyl (C=O) groups excluding carboxylic acids is 2. The topological polar surface area (TPSA) is 98.7 Å². The molecule has 118 valence electrons. The summed E-state index contributed by atoms with van der Waals surface area (Å²) < 4.78 is 5.67. The third kappa shape index (κ3) is 2.71. The lowest BCUT2D eigenvalue weighted by Crippen LogP contribution is -2.53. The molecule has 22 heavy (non-hydrogen) atoms. The van der Waals surface area contributed by atoms with Gasteiger partial charge in [-0.1, -0.05) is 24.3 Å². The molecular weight excluding hydrogens is 282 g/mol. The van der Waals surface area contributed by atoms with Crippen molar-refractivity contribution >= 4 is 11.8 Å². The summed E-state index contributed by atoms with van der Waals surface area (Å²) in [5, 5.41) is 0. The van der Waals surface area contributed by atoms with Gasteiger partial charge in [-0.15, -0.1) is 0 Å². The minimum absolute atomic E-state index is 0.0712. The number of carbonyl (C=O) groups is 2. The van der Waals surface area contributed by atoms with E-state index in [1.54, 1.807) is 4.90 Å². The predicted octanol–water partition coefficient (Wildman–Crippen LogP) is -0.0685. The van der Waals surface area contributed by atoms with E-state index < -0.39 is 18.1 Å². The van der Waals surface area contributed by atoms with Gasteiger partial charge in [-0.2, -0.15) is 0 Å². The van der Waals surface area contributed by atoms with E-state index in [1.807, 2.05) is 24.3 Å². The maximum Gasteiger partial charge on any atom is 0.252 e. The first-order valence-electron chi connectivity index (χ1n) is 7.62. The number of nitrogens with zero attached hydrogens (tertiary/aromatic N) is 1. The lowest BCUT2D eigenvalue weighted by Gasteiger charge is -2.36. The molecule has 2 aliphatic rings. The number of benzene rings is 1. The number of nitrogens with two attached hydrogens (primary N) is 2. The van der Waals surface area contributed by atoms with Gasteiger partial charge in [0.2, 0.25) is 5.91 Å². The van der Waals surface area contributed by atoms with E-state index in [4.69, 9.17) is 16.2 Å². The van der Waals surface area contributed by atoms with Crippen molar-refractivity contribution in [3.05, 3.63) is 35.4 Å². The largest absolute Gasteiger partial charge is 0.368 e. The fourth-order valence-electron chi connectivity index (χ4n) is 3.25. The first-order valence-corrected chi connectivity index (χ1v) is 7.62. The molecule has 2 amide bonds. The van der Waals surface area contributed by atoms with E-state index in [1.165, 1.54) is 0 Å². The average molecular weight is 303 g/mol. The molecule has 6 heteroatoms. The molecule has 3 atom stereocenters. The number of amides is 2. The summed E-state index contributed by atoms with van der Waals surface area (Å²) in [5.41, 5.74) is 13.2. The quantitative estimate of drug-likeness (QED) is 0.816. The highest BCUT2D eigenvalue weighted by atomic mass is 16.5. The molecule has 0 aliphatic carbocycles. The van der Waals surface area contributed by atoms with E-state index in [9.17, 15) is 9.59 Å². The van der Waals surface area contributed by atoms with Crippen molar-refractivity contribution in [2.45, 2.75) is 44.1 Å². The van der Waals surface area contributed by atoms with Crippen LogP contribution in [0.5, 0.6) is 0 Å². The molecule has 0 radical (unpaired) electrons. The number of ether oxygens (including phenoxy) is 1. The summed E-state index contributed by atoms with van der Waals surface area (Å²) in [4.78, 5) is 26.1. The van der Waals surface area contributed by atoms with Gasteiger partial charge in [0.15, 0.2) is 0 Å². The molecule has 2 aliphatic heterocycles. The summed E-state index contributed by atoms with van der Waals surface area (Å²) in [6, 6.07) is 7.21. The van der Waals surface area contributed by atoms with Crippen molar-refractivity contribution in [2.75, 3.05) is 6.54 Å². The van der Waals surface area contributed by atoms with Crippen molar-refractivity contribution in [1.29, 1.82) is 0 Å². The van der Waals surface area contributed by atoms with E-state index >= 15 is 0 Å². The molecule has 0 spiro atoms. The molecule has 1 fully saturated rings. The number of rotatable bonds is 3. The van der Waals surface area contributed by atoms with E-state index in [-0.39, 0.29) is 12.0 Å². The van der Waals surface area contributed by atoms with Gasteiger partial charge < -0.3 is 21.1 Å². The lowest BCUT2D eigenvalue weighted by molar-refractivity contribution is -0.150. The Balaban J connectivity index is 1.82. The van der Waals surface area contributed by atoms with Crippen molar-refractivity contribution in [1.82, 2.24) is 4.90 Å². The van der Waals surface area contributed by atoms with Crippen molar-refractivity contribution in [2.24, 2.45) is 11.5 Å². The maximum atomic E-state index is 12.7. The minimum atomic E-state index is -0.608. The average Bonchev–Trinajstić information content (AvgIpc) is 3.02. The Morgan fingerprint density at radius 1 is 1.23 bits per heavy atom. The third-order valence-electron chi connectivity index (χ3n) is 4.51. The van der Waals surface area contributed by atoms with Crippen LogP contribution >= 0.6 is 0 Å². The van der Waals surface area contributed by atoms with E-state index in [0.717, 1.165) is 17.5 Å². The molecule has 4 N–H and O–H groups in total. The summed E-state index contributed by atoms with van der Waals surface area (Å²) in [6.45, 7) is 0.807. The summed E-state index contributed by atoms with van der Waals surface area (Å²) >= 11 is 0. The van der Waals surface area contributed by atoms with Crippen molar-refractivity contribution in [3.8, 4) is 0 Å². The molecule has 0 saturated carbocycles. The minimum Gasteiger partial charge on any atom is -0.368 e. The fourth-order valence-corrected chi connectivity index (χ4v) is 3.25. The zero-order valence-corrected chi connectivity index (χ0v) is 12.4. The van der Waals surface area contributed by atoms with Gasteiger partial charge in [0.25, 0.3) is 5.91 Å². The Hall–Kier alpha value is -1.92. The van der Waals surface area contributed by atoms with E-state index in [0.29, 0.717) is 25.9 Å². The van der Waals surface area contributed by atoms with Gasteiger partial charge in [0.1, 0.15) is 12.1 Å². The Bertz CT molecular complexity index is 590. The first-order chi connectivity index (χ1) is 10.6. The second-order valence-electron chi connectivity index (χ2n) is 5.92. The first kappa shape index (κ1) is 15.0. The van der Waals surface area contributed by atoms with Gasteiger partial charge in [0.05, 0.1) is 6.10 Å². The molecule has 1 saturated heterocycles. The summed E-state index contributed by atoms with van der Waals surface area (Å²) in [7, 11) is 0. The monoisotopic (exact) mass is 303 g/mol. The molecule has 3 rings (SSSR count). The molecule has 6 nitrogen and oxygen atoms in total. The van der Waals surface area contributed by atoms with Gasteiger partial charge in [0, 0.05) is 19.5 Å². The van der Waals surface area contributed by atoms with Crippen LogP contribution in [-0.4, -0.2) is 41.5 Å². The highest BCUT2D eigenvalue weighted by Gasteiger charge is 2.39. The summed E-state index contributed by atoms with van der Waals surface area (Å²) in [6.07, 6.45) is 1.30. The Morgan fingerprint density at radius 2 is 1.95 bits per heavy atom. The zero-order chi connectivity index (χ0) is 15.7. The maximum absolute atomic E-state index is 12.7. The van der Waals surface area contributed by atoms with Gasteiger partial charge in [-0.25, -0.2) is 0 Å². The SMILES string of the molecule is NC[C@H]1CC[C@@H](C(=O)N2Cc3ccccc3CC2C(N)=O)O1. The van der Waals surface area contributed by atoms with Crippen LogP contribution in [0.1, 0.15) is 24.0 Å². The second kappa shape index (κ2) is 6.06. The molecule has 1 aromatic carbocycles. The zero-order valence-electron chi connectivity index (χ0n) is 12.4. The Labute approximate surface area is 129 Å². The standard InChI is InChI=1S/C16H21N3O3/c17-8-12-5-6-14(22-12)16(21)19-9-11-4-2-1-3-10(11)7-13(19)15(18)20/h1-4,12-14H,5-9,17H2,(H2,18,20)/t12-,13?,14+/m1/s1. The Morgan fingerprint density at radius 3 is 2.59 bits per heavy atom. The smallest absolute Gasteiger partial charge is 0.252 e. The van der Waals surface area contributed by atoms with Gasteiger partial charge in [-0.3, -0.25) is 9.59 Å². The number of primary amides is 1. The fraction of sp³-hybridized carbons (Fsp3) is 0.500. The van der Waals surface area contributed by atoms with Crippen LogP contribution in [0.15, 0.2) is 24.3 Å². The van der Waals surface area contributed by atoms with Crippen molar-refractivity contribution in [3.63, 3.8) is 0 Å². The van der Waals surface area contributed by atoms with E-state index in [2.05, 4.69) is 0 Å². The molecule has 0 bridgehead atoms. The number of hydrogen-bond acceptors (Lipinski definition) is 4. The van der Waals surface area contributed by atoms with Crippen LogP contribution in [0.3, 0.4) is 0 Å². The molecule has 1 aromatic rings. The Kier molecular flexibility index (Phi) is 4.13. The van der Waals surface area contributed by atoms with Crippen LogP contribution in [0.4, 0.5) is 0 Å². The molecular formula is C16H21N3O3. The van der Waals surface area contributed by atoms with Crippen molar-refractivity contribution < 1.29 is 14.3 Å². The summed E-state index contributed by atoms with van der Waals surface area (Å²) in [5.74, 6) is -0.634. The van der Waals surface area contributed by atoms with Crippen LogP contribution in [0.2, 0.25) is 0 Å². The highest BCUT2D eigenvalue weighted by Crippen LogP contribution is 2.27. The van der Waals surface area contributed by atoms with Crippen LogP contribution < -0.4 is 11.5 Å². The number of hydrogen-bond donors (Lipinski definition) is 2. The molecule has 1 unspecified atom stereocenters. The third-order valence-corrected chi connectivity index (χ3v) is 4.51. The molecule has 2 heterocycles. The van der Waals surface area contributed by atoms with Crippen LogP contribution in [0, 0.1) is 0 Å². The van der Waals surface area contributed by atoms with Gasteiger partial charge in [-0.05, 0) is 24.0 Å². The highest BCUT2D eigenvalue weighted by molar-refractivity contribution is 5.89. The van der Waals surface area contributed by atoms with Gasteiger partial charge >= 0.3 is 0 Å². The molecule has 0 aromatic heterocycles. The second-order valence-corrected chi connectivity index (χ2v) is 5.92.